The molecule has 116 valence electrons. The first kappa shape index (κ1) is 14.5. The number of hydrogen-bond donors (Lipinski definition) is 1. The van der Waals surface area contributed by atoms with Crippen LogP contribution < -0.4 is 5.32 Å². The summed E-state index contributed by atoms with van der Waals surface area (Å²) in [7, 11) is 0. The van der Waals surface area contributed by atoms with Crippen molar-refractivity contribution in [2.75, 3.05) is 5.32 Å². The van der Waals surface area contributed by atoms with E-state index in [0.29, 0.717) is 0 Å². The molecule has 0 aliphatic carbocycles. The Morgan fingerprint density at radius 2 is 1.67 bits per heavy atom. The van der Waals surface area contributed by atoms with E-state index >= 15 is 0 Å². The van der Waals surface area contributed by atoms with Gasteiger partial charge in [-0.2, -0.15) is 5.26 Å². The van der Waals surface area contributed by atoms with Gasteiger partial charge >= 0.3 is 0 Å². The van der Waals surface area contributed by atoms with Crippen LogP contribution in [-0.4, -0.2) is 4.98 Å². The number of nitrogens with zero attached hydrogens (tertiary/aromatic N) is 2. The van der Waals surface area contributed by atoms with Gasteiger partial charge in [-0.1, -0.05) is 60.7 Å². The molecule has 0 amide bonds. The second-order valence-electron chi connectivity index (χ2n) is 6.13. The highest BCUT2D eigenvalue weighted by atomic mass is 15.0. The van der Waals surface area contributed by atoms with Gasteiger partial charge in [0.2, 0.25) is 0 Å². The number of fused-ring (bicyclic) bond motifs is 1. The highest BCUT2D eigenvalue weighted by molar-refractivity contribution is 5.70. The van der Waals surface area contributed by atoms with Crippen LogP contribution in [0.3, 0.4) is 0 Å². The number of aryl methyl sites for hydroxylation is 1. The molecule has 2 heterocycles. The lowest BCUT2D eigenvalue weighted by molar-refractivity contribution is 0.574. The van der Waals surface area contributed by atoms with Crippen molar-refractivity contribution in [2.45, 2.75) is 18.4 Å². The zero-order valence-corrected chi connectivity index (χ0v) is 13.4. The second kappa shape index (κ2) is 5.50. The van der Waals surface area contributed by atoms with E-state index in [1.54, 1.807) is 6.20 Å². The molecule has 0 saturated carbocycles. The Kier molecular flexibility index (Phi) is 3.32. The van der Waals surface area contributed by atoms with Crippen LogP contribution in [0.5, 0.6) is 0 Å². The molecule has 1 aliphatic heterocycles. The normalized spacial score (nSPS) is 21.6. The fraction of sp³-hybridized carbons (Fsp3) is 0.143. The first-order valence-corrected chi connectivity index (χ1v) is 8.01. The maximum Gasteiger partial charge on any atom is 0.150 e. The topological polar surface area (TPSA) is 48.7 Å². The number of pyridine rings is 1. The molecule has 3 heteroatoms. The predicted molar refractivity (Wildman–Crippen MR) is 94.6 cm³/mol. The summed E-state index contributed by atoms with van der Waals surface area (Å²) in [4.78, 5) is 4.61. The molecule has 24 heavy (non-hydrogen) atoms. The minimum absolute atomic E-state index is 0.172. The molecule has 1 aliphatic rings. The summed E-state index contributed by atoms with van der Waals surface area (Å²) in [5, 5.41) is 13.9. The summed E-state index contributed by atoms with van der Waals surface area (Å²) in [6.45, 7) is 2.05. The summed E-state index contributed by atoms with van der Waals surface area (Å²) in [5.74, 6) is 0. The van der Waals surface area contributed by atoms with Crippen molar-refractivity contribution in [3.05, 3.63) is 95.3 Å². The molecular formula is C21H17N3. The van der Waals surface area contributed by atoms with Crippen molar-refractivity contribution in [2.24, 2.45) is 0 Å². The number of nitrogens with one attached hydrogen (secondary N) is 1. The molecule has 1 N–H and O–H groups in total. The van der Waals surface area contributed by atoms with Gasteiger partial charge in [-0.05, 0) is 29.7 Å². The lowest BCUT2D eigenvalue weighted by atomic mass is 9.72. The van der Waals surface area contributed by atoms with E-state index in [0.717, 1.165) is 28.1 Å². The Balaban J connectivity index is 2.02. The number of nitriles is 1. The zero-order chi connectivity index (χ0) is 16.6. The minimum atomic E-state index is -0.843. The van der Waals surface area contributed by atoms with Gasteiger partial charge in [-0.25, -0.2) is 0 Å². The Hall–Kier alpha value is -3.12. The zero-order valence-electron chi connectivity index (χ0n) is 13.4. The summed E-state index contributed by atoms with van der Waals surface area (Å²) < 4.78 is 0. The fourth-order valence-corrected chi connectivity index (χ4v) is 3.59. The third-order valence-electron chi connectivity index (χ3n) is 4.79. The van der Waals surface area contributed by atoms with E-state index in [-0.39, 0.29) is 6.04 Å². The molecule has 0 bridgehead atoms. The molecule has 2 atom stereocenters. The van der Waals surface area contributed by atoms with Crippen LogP contribution in [0.2, 0.25) is 0 Å². The monoisotopic (exact) mass is 311 g/mol. The number of rotatable bonds is 2. The third-order valence-corrected chi connectivity index (χ3v) is 4.79. The van der Waals surface area contributed by atoms with E-state index in [9.17, 15) is 5.26 Å². The SMILES string of the molecule is Cc1ccnc2c1N[C@H](c1ccccc1)[C@@]2(C#N)c1ccccc1. The second-order valence-corrected chi connectivity index (χ2v) is 6.13. The van der Waals surface area contributed by atoms with Gasteiger partial charge in [-0.3, -0.25) is 4.98 Å². The summed E-state index contributed by atoms with van der Waals surface area (Å²) in [6, 6.07) is 24.5. The van der Waals surface area contributed by atoms with E-state index in [1.165, 1.54) is 0 Å². The lowest BCUT2D eigenvalue weighted by Gasteiger charge is -2.29. The van der Waals surface area contributed by atoms with Crippen LogP contribution in [0.15, 0.2) is 72.9 Å². The van der Waals surface area contributed by atoms with E-state index in [1.807, 2.05) is 61.5 Å². The molecule has 4 rings (SSSR count). The number of anilines is 1. The number of aromatic nitrogens is 1. The van der Waals surface area contributed by atoms with Crippen molar-refractivity contribution in [1.82, 2.24) is 4.98 Å². The van der Waals surface area contributed by atoms with Crippen molar-refractivity contribution < 1.29 is 0 Å². The minimum Gasteiger partial charge on any atom is -0.374 e. The highest BCUT2D eigenvalue weighted by Crippen LogP contribution is 2.52. The first-order valence-electron chi connectivity index (χ1n) is 8.01. The molecule has 0 spiro atoms. The molecule has 3 aromatic rings. The van der Waals surface area contributed by atoms with Crippen molar-refractivity contribution in [3.8, 4) is 6.07 Å². The highest BCUT2D eigenvalue weighted by Gasteiger charge is 2.51. The molecule has 3 nitrogen and oxygen atoms in total. The molecule has 2 aromatic carbocycles. The van der Waals surface area contributed by atoms with Gasteiger partial charge in [0.15, 0.2) is 5.41 Å². The predicted octanol–water partition coefficient (Wildman–Crippen LogP) is 4.37. The lowest BCUT2D eigenvalue weighted by Crippen LogP contribution is -2.32. The molecule has 0 saturated heterocycles. The van der Waals surface area contributed by atoms with E-state index in [2.05, 4.69) is 28.5 Å². The van der Waals surface area contributed by atoms with Crippen LogP contribution >= 0.6 is 0 Å². The van der Waals surface area contributed by atoms with Crippen molar-refractivity contribution in [1.29, 1.82) is 5.26 Å². The largest absolute Gasteiger partial charge is 0.374 e. The van der Waals surface area contributed by atoms with Gasteiger partial charge in [-0.15, -0.1) is 0 Å². The Bertz CT molecular complexity index is 913. The Morgan fingerprint density at radius 1 is 1.00 bits per heavy atom. The smallest absolute Gasteiger partial charge is 0.150 e. The first-order chi connectivity index (χ1) is 11.8. The molecule has 0 fully saturated rings. The van der Waals surface area contributed by atoms with Crippen LogP contribution in [0, 0.1) is 18.3 Å². The van der Waals surface area contributed by atoms with Gasteiger partial charge in [0.05, 0.1) is 23.5 Å². The van der Waals surface area contributed by atoms with Gasteiger partial charge in [0, 0.05) is 6.20 Å². The molecule has 0 radical (unpaired) electrons. The third kappa shape index (κ3) is 1.93. The Labute approximate surface area is 141 Å². The molecular weight excluding hydrogens is 294 g/mol. The summed E-state index contributed by atoms with van der Waals surface area (Å²) in [5.41, 5.74) is 4.09. The summed E-state index contributed by atoms with van der Waals surface area (Å²) >= 11 is 0. The Morgan fingerprint density at radius 3 is 2.33 bits per heavy atom. The summed E-state index contributed by atoms with van der Waals surface area (Å²) in [6.07, 6.45) is 1.79. The standard InChI is InChI=1S/C21H17N3/c1-15-12-13-23-20-18(15)24-19(16-8-4-2-5-9-16)21(20,14-22)17-10-6-3-7-11-17/h2-13,19,24H,1H3/t19-,21-/m1/s1. The van der Waals surface area contributed by atoms with Crippen molar-refractivity contribution >= 4 is 5.69 Å². The van der Waals surface area contributed by atoms with E-state index < -0.39 is 5.41 Å². The van der Waals surface area contributed by atoms with Gasteiger partial charge in [0.25, 0.3) is 0 Å². The molecule has 1 aromatic heterocycles. The van der Waals surface area contributed by atoms with E-state index in [4.69, 9.17) is 0 Å². The van der Waals surface area contributed by atoms with Crippen molar-refractivity contribution in [3.63, 3.8) is 0 Å². The van der Waals surface area contributed by atoms with Crippen LogP contribution in [0.4, 0.5) is 5.69 Å². The quantitative estimate of drug-likeness (QED) is 0.764. The maximum atomic E-state index is 10.3. The van der Waals surface area contributed by atoms with Crippen LogP contribution in [0.1, 0.15) is 28.4 Å². The van der Waals surface area contributed by atoms with Gasteiger partial charge in [0.1, 0.15) is 0 Å². The average Bonchev–Trinajstić information content (AvgIpc) is 3.00. The number of benzene rings is 2. The van der Waals surface area contributed by atoms with Crippen LogP contribution in [0.25, 0.3) is 0 Å². The van der Waals surface area contributed by atoms with Gasteiger partial charge < -0.3 is 5.32 Å². The van der Waals surface area contributed by atoms with Crippen LogP contribution in [-0.2, 0) is 5.41 Å². The molecule has 0 unspecified atom stereocenters. The average molecular weight is 311 g/mol. The maximum absolute atomic E-state index is 10.3. The fourth-order valence-electron chi connectivity index (χ4n) is 3.59. The number of hydrogen-bond acceptors (Lipinski definition) is 3.